The average Bonchev–Trinajstić information content (AvgIpc) is 3.36. The van der Waals surface area contributed by atoms with Crippen LogP contribution in [0.15, 0.2) is 72.8 Å². The van der Waals surface area contributed by atoms with E-state index in [-0.39, 0.29) is 29.8 Å². The van der Waals surface area contributed by atoms with Crippen molar-refractivity contribution in [3.8, 4) is 5.75 Å². The number of nitrogens with zero attached hydrogens (tertiary/aromatic N) is 3. The minimum atomic E-state index is -0.222. The molecule has 208 valence electrons. The number of rotatable bonds is 8. The number of ether oxygens (including phenoxy) is 1. The lowest BCUT2D eigenvalue weighted by molar-refractivity contribution is -0.127. The molecule has 0 spiro atoms. The molecule has 1 saturated heterocycles. The van der Waals surface area contributed by atoms with Gasteiger partial charge in [-0.05, 0) is 86.3 Å². The number of halogens is 1. The van der Waals surface area contributed by atoms with Gasteiger partial charge < -0.3 is 19.4 Å². The Morgan fingerprint density at radius 2 is 1.75 bits per heavy atom. The third-order valence-corrected chi connectivity index (χ3v) is 7.90. The van der Waals surface area contributed by atoms with Crippen molar-refractivity contribution in [2.75, 3.05) is 29.5 Å². The van der Waals surface area contributed by atoms with Gasteiger partial charge in [-0.15, -0.1) is 0 Å². The number of amides is 3. The molecule has 8 heteroatoms. The highest BCUT2D eigenvalue weighted by Crippen LogP contribution is 2.43. The second kappa shape index (κ2) is 12.1. The van der Waals surface area contributed by atoms with Gasteiger partial charge in [0.15, 0.2) is 0 Å². The molecule has 1 fully saturated rings. The van der Waals surface area contributed by atoms with Crippen LogP contribution in [0.2, 0.25) is 5.02 Å². The summed E-state index contributed by atoms with van der Waals surface area (Å²) in [6.07, 6.45) is 2.94. The van der Waals surface area contributed by atoms with Crippen molar-refractivity contribution >= 4 is 40.7 Å². The fraction of sp³-hybridized carbons (Fsp3) is 0.344. The topological polar surface area (TPSA) is 70.2 Å². The number of para-hydroxylation sites is 1. The summed E-state index contributed by atoms with van der Waals surface area (Å²) in [6.45, 7) is 5.64. The molecule has 3 aromatic carbocycles. The molecule has 0 aromatic heterocycles. The van der Waals surface area contributed by atoms with Gasteiger partial charge in [0.2, 0.25) is 11.8 Å². The van der Waals surface area contributed by atoms with E-state index in [1.807, 2.05) is 65.3 Å². The van der Waals surface area contributed by atoms with E-state index < -0.39 is 0 Å². The molecule has 0 aliphatic carbocycles. The summed E-state index contributed by atoms with van der Waals surface area (Å²) in [5, 5.41) is 0.608. The summed E-state index contributed by atoms with van der Waals surface area (Å²) in [4.78, 5) is 43.9. The molecule has 0 radical (unpaired) electrons. The van der Waals surface area contributed by atoms with Crippen LogP contribution in [-0.4, -0.2) is 48.4 Å². The summed E-state index contributed by atoms with van der Waals surface area (Å²) in [5.41, 5.74) is 3.06. The smallest absolute Gasteiger partial charge is 0.258 e. The van der Waals surface area contributed by atoms with E-state index >= 15 is 0 Å². The molecule has 2 heterocycles. The van der Waals surface area contributed by atoms with Crippen LogP contribution in [0.5, 0.6) is 5.75 Å². The normalized spacial score (nSPS) is 18.4. The van der Waals surface area contributed by atoms with Gasteiger partial charge >= 0.3 is 0 Å². The van der Waals surface area contributed by atoms with Crippen LogP contribution in [0.25, 0.3) is 0 Å². The zero-order valence-corrected chi connectivity index (χ0v) is 23.6. The van der Waals surface area contributed by atoms with Crippen molar-refractivity contribution in [3.05, 3.63) is 88.9 Å². The molecular weight excluding hydrogens is 526 g/mol. The van der Waals surface area contributed by atoms with Crippen LogP contribution in [0.4, 0.5) is 11.4 Å². The Balaban J connectivity index is 1.31. The summed E-state index contributed by atoms with van der Waals surface area (Å²) in [6, 6.07) is 21.9. The van der Waals surface area contributed by atoms with Crippen molar-refractivity contribution in [1.82, 2.24) is 4.90 Å². The number of carbonyl (C=O) groups is 3. The Morgan fingerprint density at radius 1 is 1.02 bits per heavy atom. The van der Waals surface area contributed by atoms with Crippen LogP contribution in [-0.2, 0) is 9.59 Å². The molecule has 3 amide bonds. The predicted octanol–water partition coefficient (Wildman–Crippen LogP) is 6.26. The average molecular weight is 560 g/mol. The molecule has 7 nitrogen and oxygen atoms in total. The first kappa shape index (κ1) is 27.7. The van der Waals surface area contributed by atoms with Gasteiger partial charge in [-0.2, -0.15) is 0 Å². The van der Waals surface area contributed by atoms with E-state index in [0.717, 1.165) is 36.3 Å². The highest BCUT2D eigenvalue weighted by atomic mass is 35.5. The molecule has 3 aromatic rings. The quantitative estimate of drug-likeness (QED) is 0.305. The molecule has 0 saturated carbocycles. The minimum Gasteiger partial charge on any atom is -0.494 e. The van der Waals surface area contributed by atoms with E-state index in [1.54, 1.807) is 36.1 Å². The number of fused-ring (bicyclic) bond motifs is 1. The lowest BCUT2D eigenvalue weighted by atomic mass is 9.89. The molecule has 0 bridgehead atoms. The van der Waals surface area contributed by atoms with Gasteiger partial charge in [0.1, 0.15) is 5.75 Å². The van der Waals surface area contributed by atoms with Gasteiger partial charge in [-0.25, -0.2) is 0 Å². The molecule has 5 rings (SSSR count). The first-order valence-corrected chi connectivity index (χ1v) is 14.2. The highest BCUT2D eigenvalue weighted by Gasteiger charge is 2.38. The SMILES string of the molecule is CC(=O)N(c1ccc(Cl)cc1)C1CC(C)N(C(=O)c2ccc(OCCCN3CCCC3=O)cc2)c2ccccc21. The monoisotopic (exact) mass is 559 g/mol. The lowest BCUT2D eigenvalue weighted by Gasteiger charge is -2.43. The maximum Gasteiger partial charge on any atom is 0.258 e. The Kier molecular flexibility index (Phi) is 8.40. The van der Waals surface area contributed by atoms with Crippen LogP contribution in [0, 0.1) is 0 Å². The Hall–Kier alpha value is -3.84. The largest absolute Gasteiger partial charge is 0.494 e. The fourth-order valence-electron chi connectivity index (χ4n) is 5.74. The van der Waals surface area contributed by atoms with E-state index in [0.29, 0.717) is 42.3 Å². The number of hydrogen-bond donors (Lipinski definition) is 0. The van der Waals surface area contributed by atoms with E-state index in [2.05, 4.69) is 0 Å². The van der Waals surface area contributed by atoms with Crippen molar-refractivity contribution in [2.24, 2.45) is 0 Å². The van der Waals surface area contributed by atoms with E-state index in [9.17, 15) is 14.4 Å². The number of likely N-dealkylation sites (tertiary alicyclic amines) is 1. The maximum absolute atomic E-state index is 13.8. The number of carbonyl (C=O) groups excluding carboxylic acids is 3. The number of hydrogen-bond acceptors (Lipinski definition) is 4. The first-order chi connectivity index (χ1) is 19.3. The molecule has 0 N–H and O–H groups in total. The highest BCUT2D eigenvalue weighted by molar-refractivity contribution is 6.30. The van der Waals surface area contributed by atoms with Crippen LogP contribution in [0.1, 0.15) is 61.5 Å². The van der Waals surface area contributed by atoms with Crippen molar-refractivity contribution in [3.63, 3.8) is 0 Å². The molecule has 40 heavy (non-hydrogen) atoms. The van der Waals surface area contributed by atoms with Gasteiger partial charge in [-0.3, -0.25) is 14.4 Å². The van der Waals surface area contributed by atoms with Crippen molar-refractivity contribution < 1.29 is 19.1 Å². The zero-order chi connectivity index (χ0) is 28.2. The summed E-state index contributed by atoms with van der Waals surface area (Å²) < 4.78 is 5.86. The van der Waals surface area contributed by atoms with Crippen LogP contribution in [0.3, 0.4) is 0 Å². The van der Waals surface area contributed by atoms with Gasteiger partial charge in [-0.1, -0.05) is 29.8 Å². The van der Waals surface area contributed by atoms with Crippen molar-refractivity contribution in [2.45, 2.75) is 51.6 Å². The maximum atomic E-state index is 13.8. The first-order valence-electron chi connectivity index (χ1n) is 13.8. The van der Waals surface area contributed by atoms with Crippen molar-refractivity contribution in [1.29, 1.82) is 0 Å². The third kappa shape index (κ3) is 5.85. The van der Waals surface area contributed by atoms with E-state index in [1.165, 1.54) is 0 Å². The van der Waals surface area contributed by atoms with Gasteiger partial charge in [0.25, 0.3) is 5.91 Å². The second-order valence-corrected chi connectivity index (χ2v) is 10.8. The summed E-state index contributed by atoms with van der Waals surface area (Å²) in [7, 11) is 0. The lowest BCUT2D eigenvalue weighted by Crippen LogP contribution is -2.47. The minimum absolute atomic E-state index is 0.0725. The summed E-state index contributed by atoms with van der Waals surface area (Å²) in [5.74, 6) is 0.744. The molecule has 2 aliphatic heterocycles. The Bertz CT molecular complexity index is 1380. The zero-order valence-electron chi connectivity index (χ0n) is 22.9. The molecule has 2 atom stereocenters. The van der Waals surface area contributed by atoms with Gasteiger partial charge in [0, 0.05) is 54.4 Å². The second-order valence-electron chi connectivity index (χ2n) is 10.4. The van der Waals surface area contributed by atoms with Gasteiger partial charge in [0.05, 0.1) is 12.6 Å². The van der Waals surface area contributed by atoms with Crippen LogP contribution < -0.4 is 14.5 Å². The fourth-order valence-corrected chi connectivity index (χ4v) is 5.86. The van der Waals surface area contributed by atoms with E-state index in [4.69, 9.17) is 16.3 Å². The molecule has 2 aliphatic rings. The van der Waals surface area contributed by atoms with Crippen LogP contribution >= 0.6 is 11.6 Å². The molecule has 2 unspecified atom stereocenters. The standard InChI is InChI=1S/C32H34ClN3O4/c1-22-21-30(36(23(2)37)26-14-12-25(33)13-15-26)28-7-3-4-8-29(28)35(22)32(39)24-10-16-27(17-11-24)40-20-6-19-34-18-5-9-31(34)38/h3-4,7-8,10-17,22,30H,5-6,9,18-21H2,1-2H3. The number of benzene rings is 3. The Labute approximate surface area is 240 Å². The molecular formula is C32H34ClN3O4. The predicted molar refractivity (Wildman–Crippen MR) is 157 cm³/mol. The number of anilines is 2. The third-order valence-electron chi connectivity index (χ3n) is 7.65. The summed E-state index contributed by atoms with van der Waals surface area (Å²) >= 11 is 6.10. The Morgan fingerprint density at radius 3 is 2.42 bits per heavy atom.